The van der Waals surface area contributed by atoms with Crippen LogP contribution in [0.25, 0.3) is 5.69 Å². The minimum absolute atomic E-state index is 0.703. The average Bonchev–Trinajstić information content (AvgIpc) is 3.10. The number of aromatic nitrogens is 2. The Kier molecular flexibility index (Phi) is 6.41. The molecule has 0 spiro atoms. The van der Waals surface area contributed by atoms with E-state index in [0.29, 0.717) is 6.54 Å². The number of para-hydroxylation sites is 1. The molecule has 0 fully saturated rings. The van der Waals surface area contributed by atoms with Gasteiger partial charge in [0.15, 0.2) is 5.96 Å². The van der Waals surface area contributed by atoms with Crippen molar-refractivity contribution in [3.8, 4) is 5.69 Å². The molecule has 0 radical (unpaired) electrons. The molecule has 0 bridgehead atoms. The summed E-state index contributed by atoms with van der Waals surface area (Å²) >= 11 is 0. The van der Waals surface area contributed by atoms with Gasteiger partial charge in [0, 0.05) is 39.6 Å². The molecule has 122 valence electrons. The largest absolute Gasteiger partial charge is 0.352 e. The van der Waals surface area contributed by atoms with E-state index in [4.69, 9.17) is 0 Å². The Morgan fingerprint density at radius 1 is 1.39 bits per heavy atom. The highest BCUT2D eigenvalue weighted by Crippen LogP contribution is 2.13. The number of nitrogens with one attached hydrogen (secondary N) is 1. The van der Waals surface area contributed by atoms with Crippen LogP contribution < -0.4 is 5.32 Å². The Hall–Kier alpha value is -2.56. The number of benzene rings is 1. The lowest BCUT2D eigenvalue weighted by molar-refractivity contribution is 0.469. The van der Waals surface area contributed by atoms with Gasteiger partial charge in [-0.05, 0) is 30.5 Å². The second-order valence-electron chi connectivity index (χ2n) is 5.33. The summed E-state index contributed by atoms with van der Waals surface area (Å²) in [6.45, 7) is 5.41. The summed E-state index contributed by atoms with van der Waals surface area (Å²) < 4.78 is 1.88. The van der Waals surface area contributed by atoms with Crippen LogP contribution >= 0.6 is 0 Å². The third-order valence-corrected chi connectivity index (χ3v) is 3.65. The van der Waals surface area contributed by atoms with Crippen LogP contribution in [0.4, 0.5) is 0 Å². The van der Waals surface area contributed by atoms with E-state index in [1.807, 2.05) is 42.2 Å². The van der Waals surface area contributed by atoms with E-state index in [-0.39, 0.29) is 0 Å². The molecule has 1 aromatic heterocycles. The highest BCUT2D eigenvalue weighted by molar-refractivity contribution is 5.79. The lowest BCUT2D eigenvalue weighted by Gasteiger charge is -2.22. The molecule has 0 aliphatic heterocycles. The molecule has 1 aromatic carbocycles. The van der Waals surface area contributed by atoms with Crippen molar-refractivity contribution in [2.75, 3.05) is 20.6 Å². The van der Waals surface area contributed by atoms with Crippen LogP contribution in [0.3, 0.4) is 0 Å². The molecule has 0 aliphatic carbocycles. The number of guanidine groups is 1. The minimum atomic E-state index is 0.703. The van der Waals surface area contributed by atoms with Gasteiger partial charge in [-0.15, -0.1) is 6.58 Å². The fourth-order valence-electron chi connectivity index (χ4n) is 2.43. The molecule has 0 amide bonds. The molecule has 23 heavy (non-hydrogen) atoms. The van der Waals surface area contributed by atoms with Crippen molar-refractivity contribution in [2.24, 2.45) is 4.99 Å². The standard InChI is InChI=1S/C18H25N5/c1-4-5-8-13-22(3)18(19-2)20-15-16-10-6-7-11-17(16)23-14-9-12-21-23/h4,6-7,9-12,14H,1,5,8,13,15H2,2-3H3,(H,19,20). The molecule has 5 nitrogen and oxygen atoms in total. The maximum absolute atomic E-state index is 4.36. The van der Waals surface area contributed by atoms with Gasteiger partial charge in [-0.1, -0.05) is 24.3 Å². The summed E-state index contributed by atoms with van der Waals surface area (Å²) in [6, 6.07) is 10.2. The Bertz CT molecular complexity index is 631. The lowest BCUT2D eigenvalue weighted by atomic mass is 10.2. The third-order valence-electron chi connectivity index (χ3n) is 3.65. The molecule has 1 N–H and O–H groups in total. The van der Waals surface area contributed by atoms with Crippen LogP contribution in [0.15, 0.2) is 60.4 Å². The first-order valence-electron chi connectivity index (χ1n) is 7.87. The van der Waals surface area contributed by atoms with E-state index in [0.717, 1.165) is 31.0 Å². The molecule has 0 unspecified atom stereocenters. The van der Waals surface area contributed by atoms with Gasteiger partial charge < -0.3 is 10.2 Å². The average molecular weight is 311 g/mol. The van der Waals surface area contributed by atoms with Gasteiger partial charge in [-0.25, -0.2) is 4.68 Å². The normalized spacial score (nSPS) is 11.3. The Labute approximate surface area is 138 Å². The second kappa shape index (κ2) is 8.78. The number of rotatable bonds is 7. The minimum Gasteiger partial charge on any atom is -0.352 e. The zero-order valence-electron chi connectivity index (χ0n) is 13.9. The zero-order valence-corrected chi connectivity index (χ0v) is 13.9. The third kappa shape index (κ3) is 4.71. The van der Waals surface area contributed by atoms with Crippen LogP contribution in [-0.2, 0) is 6.54 Å². The monoisotopic (exact) mass is 311 g/mol. The maximum atomic E-state index is 4.36. The lowest BCUT2D eigenvalue weighted by Crippen LogP contribution is -2.39. The Balaban J connectivity index is 2.01. The van der Waals surface area contributed by atoms with Crippen LogP contribution in [0.5, 0.6) is 0 Å². The van der Waals surface area contributed by atoms with Crippen molar-refractivity contribution < 1.29 is 0 Å². The van der Waals surface area contributed by atoms with E-state index in [9.17, 15) is 0 Å². The molecule has 0 atom stereocenters. The Morgan fingerprint density at radius 2 is 2.22 bits per heavy atom. The van der Waals surface area contributed by atoms with Crippen molar-refractivity contribution in [1.82, 2.24) is 20.0 Å². The maximum Gasteiger partial charge on any atom is 0.193 e. The summed E-state index contributed by atoms with van der Waals surface area (Å²) in [5.41, 5.74) is 2.26. The molecule has 1 heterocycles. The molecular formula is C18H25N5. The van der Waals surface area contributed by atoms with Crippen molar-refractivity contribution in [2.45, 2.75) is 19.4 Å². The van der Waals surface area contributed by atoms with Gasteiger partial charge in [0.25, 0.3) is 0 Å². The van der Waals surface area contributed by atoms with Gasteiger partial charge >= 0.3 is 0 Å². The van der Waals surface area contributed by atoms with E-state index >= 15 is 0 Å². The second-order valence-corrected chi connectivity index (χ2v) is 5.33. The number of nitrogens with zero attached hydrogens (tertiary/aromatic N) is 4. The van der Waals surface area contributed by atoms with E-state index < -0.39 is 0 Å². The predicted molar refractivity (Wildman–Crippen MR) is 95.8 cm³/mol. The topological polar surface area (TPSA) is 45.5 Å². The first-order valence-corrected chi connectivity index (χ1v) is 7.87. The number of hydrogen-bond acceptors (Lipinski definition) is 2. The molecule has 2 rings (SSSR count). The van der Waals surface area contributed by atoms with E-state index in [2.05, 4.69) is 46.1 Å². The molecule has 5 heteroatoms. The summed E-state index contributed by atoms with van der Waals surface area (Å²) in [4.78, 5) is 6.50. The molecule has 0 saturated heterocycles. The highest BCUT2D eigenvalue weighted by Gasteiger charge is 2.08. The number of hydrogen-bond donors (Lipinski definition) is 1. The Morgan fingerprint density at radius 3 is 2.91 bits per heavy atom. The molecular weight excluding hydrogens is 286 g/mol. The summed E-state index contributed by atoms with van der Waals surface area (Å²) in [7, 11) is 3.86. The van der Waals surface area contributed by atoms with Crippen LogP contribution in [0, 0.1) is 0 Å². The molecule has 2 aromatic rings. The number of unbranched alkanes of at least 4 members (excludes halogenated alkanes) is 1. The predicted octanol–water partition coefficient (Wildman–Crippen LogP) is 2.85. The van der Waals surface area contributed by atoms with Gasteiger partial charge in [0.05, 0.1) is 5.69 Å². The summed E-state index contributed by atoms with van der Waals surface area (Å²) in [5.74, 6) is 0.893. The quantitative estimate of drug-likeness (QED) is 0.370. The first kappa shape index (κ1) is 16.8. The first-order chi connectivity index (χ1) is 11.3. The summed E-state index contributed by atoms with van der Waals surface area (Å²) in [5, 5.41) is 7.74. The van der Waals surface area contributed by atoms with Gasteiger partial charge in [-0.3, -0.25) is 4.99 Å². The van der Waals surface area contributed by atoms with Gasteiger partial charge in [0.2, 0.25) is 0 Å². The van der Waals surface area contributed by atoms with Crippen molar-refractivity contribution in [1.29, 1.82) is 0 Å². The van der Waals surface area contributed by atoms with Crippen molar-refractivity contribution in [3.63, 3.8) is 0 Å². The van der Waals surface area contributed by atoms with Gasteiger partial charge in [-0.2, -0.15) is 5.10 Å². The highest BCUT2D eigenvalue weighted by atomic mass is 15.3. The van der Waals surface area contributed by atoms with Crippen molar-refractivity contribution >= 4 is 5.96 Å². The number of allylic oxidation sites excluding steroid dienone is 1. The summed E-state index contributed by atoms with van der Waals surface area (Å²) in [6.07, 6.45) is 7.78. The van der Waals surface area contributed by atoms with E-state index in [1.54, 1.807) is 6.20 Å². The van der Waals surface area contributed by atoms with Gasteiger partial charge in [0.1, 0.15) is 0 Å². The zero-order chi connectivity index (χ0) is 16.5. The van der Waals surface area contributed by atoms with Crippen LogP contribution in [0.1, 0.15) is 18.4 Å². The SMILES string of the molecule is C=CCCCN(C)C(=NC)NCc1ccccc1-n1cccn1. The fraction of sp³-hybridized carbons (Fsp3) is 0.333. The van der Waals surface area contributed by atoms with E-state index in [1.165, 1.54) is 5.56 Å². The fourth-order valence-corrected chi connectivity index (χ4v) is 2.43. The smallest absolute Gasteiger partial charge is 0.193 e. The number of aliphatic imine (C=N–C) groups is 1. The van der Waals surface area contributed by atoms with Crippen LogP contribution in [-0.4, -0.2) is 41.3 Å². The molecule has 0 saturated carbocycles. The van der Waals surface area contributed by atoms with Crippen LogP contribution in [0.2, 0.25) is 0 Å². The van der Waals surface area contributed by atoms with Crippen molar-refractivity contribution in [3.05, 3.63) is 60.9 Å². The molecule has 0 aliphatic rings.